The summed E-state index contributed by atoms with van der Waals surface area (Å²) in [6.45, 7) is 9.80. The molecule has 1 atom stereocenters. The van der Waals surface area contributed by atoms with Crippen molar-refractivity contribution >= 4 is 10.8 Å². The topological polar surface area (TPSA) is 35.5 Å². The second-order valence-electron chi connectivity index (χ2n) is 7.29. The van der Waals surface area contributed by atoms with Gasteiger partial charge in [0.25, 0.3) is 0 Å². The predicted octanol–water partition coefficient (Wildman–Crippen LogP) is 5.09. The van der Waals surface area contributed by atoms with E-state index in [1.54, 1.807) is 0 Å². The van der Waals surface area contributed by atoms with E-state index in [4.69, 9.17) is 0 Å². The van der Waals surface area contributed by atoms with Crippen LogP contribution < -0.4 is 5.32 Å². The molecular formula is C26H30N2O. The number of nitrogens with one attached hydrogen (secondary N) is 1. The van der Waals surface area contributed by atoms with Crippen LogP contribution in [0.1, 0.15) is 43.5 Å². The molecular weight excluding hydrogens is 356 g/mol. The molecule has 0 unspecified atom stereocenters. The van der Waals surface area contributed by atoms with Gasteiger partial charge in [-0.15, -0.1) is 0 Å². The largest absolute Gasteiger partial charge is 0.507 e. The third-order valence-corrected chi connectivity index (χ3v) is 5.38. The summed E-state index contributed by atoms with van der Waals surface area (Å²) in [7, 11) is 0. The fourth-order valence-electron chi connectivity index (χ4n) is 3.50. The molecule has 0 fully saturated rings. The molecule has 0 saturated heterocycles. The number of phenolic OH excluding ortho intramolecular Hbond substituents is 1. The number of hydrogen-bond donors (Lipinski definition) is 2. The average Bonchev–Trinajstić information content (AvgIpc) is 2.76. The molecule has 29 heavy (non-hydrogen) atoms. The van der Waals surface area contributed by atoms with Crippen LogP contribution in [0.5, 0.6) is 5.75 Å². The lowest BCUT2D eigenvalue weighted by Gasteiger charge is -2.17. The molecule has 2 N–H and O–H groups in total. The number of hydrogen-bond acceptors (Lipinski definition) is 3. The van der Waals surface area contributed by atoms with Crippen molar-refractivity contribution in [1.29, 1.82) is 0 Å². The maximum atomic E-state index is 10.4. The summed E-state index contributed by atoms with van der Waals surface area (Å²) in [5.74, 6) is 6.49. The predicted molar refractivity (Wildman–Crippen MR) is 122 cm³/mol. The molecule has 3 aromatic rings. The summed E-state index contributed by atoms with van der Waals surface area (Å²) in [4.78, 5) is 2.25. The van der Waals surface area contributed by atoms with Crippen LogP contribution >= 0.6 is 0 Å². The minimum atomic E-state index is 0.205. The van der Waals surface area contributed by atoms with E-state index in [1.807, 2.05) is 18.2 Å². The van der Waals surface area contributed by atoms with E-state index >= 15 is 0 Å². The average molecular weight is 387 g/mol. The van der Waals surface area contributed by atoms with Crippen molar-refractivity contribution in [2.45, 2.75) is 33.4 Å². The van der Waals surface area contributed by atoms with Crippen molar-refractivity contribution in [1.82, 2.24) is 10.2 Å². The summed E-state index contributed by atoms with van der Waals surface area (Å²) in [6, 6.07) is 20.8. The summed E-state index contributed by atoms with van der Waals surface area (Å²) in [5, 5.41) is 16.5. The van der Waals surface area contributed by atoms with Crippen LogP contribution in [0.3, 0.4) is 0 Å². The fraction of sp³-hybridized carbons (Fsp3) is 0.308. The zero-order valence-electron chi connectivity index (χ0n) is 17.6. The van der Waals surface area contributed by atoms with Gasteiger partial charge in [-0.05, 0) is 54.0 Å². The van der Waals surface area contributed by atoms with Gasteiger partial charge in [-0.25, -0.2) is 0 Å². The maximum Gasteiger partial charge on any atom is 0.131 e. The molecule has 3 rings (SSSR count). The second-order valence-corrected chi connectivity index (χ2v) is 7.29. The lowest BCUT2D eigenvalue weighted by molar-refractivity contribution is 0.342. The zero-order chi connectivity index (χ0) is 20.6. The van der Waals surface area contributed by atoms with E-state index in [-0.39, 0.29) is 11.8 Å². The number of phenols is 1. The van der Waals surface area contributed by atoms with Crippen molar-refractivity contribution in [3.8, 4) is 17.6 Å². The Bertz CT molecular complexity index is 1010. The molecule has 3 nitrogen and oxygen atoms in total. The Hall–Kier alpha value is -2.80. The van der Waals surface area contributed by atoms with Crippen LogP contribution in [-0.2, 0) is 6.54 Å². The Morgan fingerprint density at radius 3 is 2.52 bits per heavy atom. The Balaban J connectivity index is 1.65. The van der Waals surface area contributed by atoms with Crippen LogP contribution in [0.4, 0.5) is 0 Å². The molecule has 0 radical (unpaired) electrons. The number of fused-ring (bicyclic) bond motifs is 1. The highest BCUT2D eigenvalue weighted by atomic mass is 16.3. The van der Waals surface area contributed by atoms with Gasteiger partial charge in [0.1, 0.15) is 5.75 Å². The van der Waals surface area contributed by atoms with E-state index < -0.39 is 0 Å². The van der Waals surface area contributed by atoms with Crippen LogP contribution in [0.15, 0.2) is 60.7 Å². The number of benzene rings is 3. The Morgan fingerprint density at radius 2 is 1.76 bits per heavy atom. The Labute approximate surface area is 174 Å². The summed E-state index contributed by atoms with van der Waals surface area (Å²) in [5.41, 5.74) is 3.01. The first-order chi connectivity index (χ1) is 14.1. The zero-order valence-corrected chi connectivity index (χ0v) is 17.6. The lowest BCUT2D eigenvalue weighted by atomic mass is 9.99. The highest BCUT2D eigenvalue weighted by Crippen LogP contribution is 2.25. The van der Waals surface area contributed by atoms with E-state index in [0.29, 0.717) is 12.1 Å². The highest BCUT2D eigenvalue weighted by molar-refractivity contribution is 5.86. The van der Waals surface area contributed by atoms with E-state index in [2.05, 4.69) is 85.3 Å². The number of nitrogens with zero attached hydrogens (tertiary/aromatic N) is 1. The fourth-order valence-corrected chi connectivity index (χ4v) is 3.50. The monoisotopic (exact) mass is 386 g/mol. The van der Waals surface area contributed by atoms with Gasteiger partial charge >= 0.3 is 0 Å². The molecule has 0 aliphatic rings. The lowest BCUT2D eigenvalue weighted by Crippen LogP contribution is -2.22. The molecule has 0 heterocycles. The highest BCUT2D eigenvalue weighted by Gasteiger charge is 2.09. The van der Waals surface area contributed by atoms with Crippen LogP contribution in [-0.4, -0.2) is 29.6 Å². The molecule has 0 aromatic heterocycles. The summed E-state index contributed by atoms with van der Waals surface area (Å²) >= 11 is 0. The number of rotatable bonds is 7. The van der Waals surface area contributed by atoms with Gasteiger partial charge in [-0.3, -0.25) is 4.90 Å². The van der Waals surface area contributed by atoms with Crippen LogP contribution in [0.25, 0.3) is 10.8 Å². The van der Waals surface area contributed by atoms with Gasteiger partial charge < -0.3 is 10.4 Å². The van der Waals surface area contributed by atoms with E-state index in [1.165, 1.54) is 16.3 Å². The molecule has 150 valence electrons. The first-order valence-corrected chi connectivity index (χ1v) is 10.4. The normalized spacial score (nSPS) is 12.0. The molecule has 0 bridgehead atoms. The molecule has 0 amide bonds. The minimum Gasteiger partial charge on any atom is -0.507 e. The number of aromatic hydroxyl groups is 1. The van der Waals surface area contributed by atoms with Gasteiger partial charge in [-0.1, -0.05) is 74.2 Å². The summed E-state index contributed by atoms with van der Waals surface area (Å²) in [6.07, 6.45) is 0. The van der Waals surface area contributed by atoms with Gasteiger partial charge in [0.15, 0.2) is 0 Å². The second kappa shape index (κ2) is 10.1. The van der Waals surface area contributed by atoms with Gasteiger partial charge in [0.05, 0.1) is 12.1 Å². The van der Waals surface area contributed by atoms with Gasteiger partial charge in [0.2, 0.25) is 0 Å². The Morgan fingerprint density at radius 1 is 1.00 bits per heavy atom. The van der Waals surface area contributed by atoms with Crippen LogP contribution in [0.2, 0.25) is 0 Å². The van der Waals surface area contributed by atoms with Crippen LogP contribution in [0, 0.1) is 11.8 Å². The van der Waals surface area contributed by atoms with Gasteiger partial charge in [-0.2, -0.15) is 0 Å². The molecule has 0 aliphatic heterocycles. The first kappa shape index (κ1) is 20.9. The maximum absolute atomic E-state index is 10.4. The standard InChI is InChI=1S/C26H30N2O/c1-4-28(5-2)17-9-12-23-16-15-21(18-26(23)29)19-27-20(3)24-14-8-11-22-10-6-7-13-25(22)24/h6-8,10-11,13-16,18,20,27,29H,4-5,17,19H2,1-3H3/t20-/m1/s1. The van der Waals surface area contributed by atoms with Crippen molar-refractivity contribution in [3.63, 3.8) is 0 Å². The Kier molecular flexibility index (Phi) is 7.30. The minimum absolute atomic E-state index is 0.205. The molecule has 0 spiro atoms. The molecule has 0 saturated carbocycles. The van der Waals surface area contributed by atoms with Crippen molar-refractivity contribution in [2.75, 3.05) is 19.6 Å². The van der Waals surface area contributed by atoms with Gasteiger partial charge in [0, 0.05) is 12.6 Å². The smallest absolute Gasteiger partial charge is 0.131 e. The van der Waals surface area contributed by atoms with Crippen molar-refractivity contribution in [3.05, 3.63) is 77.4 Å². The quantitative estimate of drug-likeness (QED) is 0.555. The first-order valence-electron chi connectivity index (χ1n) is 10.4. The SMILES string of the molecule is CCN(CC)CC#Cc1ccc(CN[C@H](C)c2cccc3ccccc23)cc1O. The molecule has 3 aromatic carbocycles. The van der Waals surface area contributed by atoms with E-state index in [0.717, 1.165) is 25.2 Å². The molecule has 0 aliphatic carbocycles. The van der Waals surface area contributed by atoms with E-state index in [9.17, 15) is 5.11 Å². The summed E-state index contributed by atoms with van der Waals surface area (Å²) < 4.78 is 0. The third kappa shape index (κ3) is 5.38. The van der Waals surface area contributed by atoms with Crippen molar-refractivity contribution in [2.24, 2.45) is 0 Å². The third-order valence-electron chi connectivity index (χ3n) is 5.38. The van der Waals surface area contributed by atoms with Crippen molar-refractivity contribution < 1.29 is 5.11 Å². The molecule has 3 heteroatoms.